The van der Waals surface area contributed by atoms with Crippen molar-refractivity contribution in [3.63, 3.8) is 0 Å². The molecule has 7 nitrogen and oxygen atoms in total. The molecule has 224 valence electrons. The Morgan fingerprint density at radius 1 is 0.952 bits per heavy atom. The largest absolute Gasteiger partial charge is 0.352 e. The van der Waals surface area contributed by atoms with Crippen molar-refractivity contribution in [1.82, 2.24) is 10.2 Å². The molecular formula is C33H40BrN3O4S. The van der Waals surface area contributed by atoms with E-state index in [1.54, 1.807) is 11.0 Å². The maximum Gasteiger partial charge on any atom is 0.243 e. The molecule has 42 heavy (non-hydrogen) atoms. The number of nitrogens with zero attached hydrogens (tertiary/aromatic N) is 2. The molecule has 3 aromatic rings. The Hall–Kier alpha value is -3.17. The zero-order valence-corrected chi connectivity index (χ0v) is 26.7. The second-order valence-electron chi connectivity index (χ2n) is 11.1. The van der Waals surface area contributed by atoms with Gasteiger partial charge in [-0.05, 0) is 67.1 Å². The van der Waals surface area contributed by atoms with Gasteiger partial charge in [0.25, 0.3) is 0 Å². The first kappa shape index (κ1) is 31.8. The monoisotopic (exact) mass is 653 g/mol. The molecule has 4 rings (SSSR count). The molecule has 1 aliphatic rings. The predicted octanol–water partition coefficient (Wildman–Crippen LogP) is 6.00. The van der Waals surface area contributed by atoms with E-state index in [4.69, 9.17) is 0 Å². The van der Waals surface area contributed by atoms with Gasteiger partial charge >= 0.3 is 0 Å². The molecule has 0 bridgehead atoms. The number of carbonyl (C=O) groups is 2. The number of benzene rings is 3. The lowest BCUT2D eigenvalue weighted by molar-refractivity contribution is -0.141. The van der Waals surface area contributed by atoms with E-state index in [0.29, 0.717) is 18.5 Å². The molecule has 1 saturated carbocycles. The number of hydrogen-bond acceptors (Lipinski definition) is 4. The summed E-state index contributed by atoms with van der Waals surface area (Å²) in [5.74, 6) is -0.332. The molecule has 0 aliphatic heterocycles. The molecule has 1 atom stereocenters. The molecule has 1 N–H and O–H groups in total. The second-order valence-corrected chi connectivity index (χ2v) is 13.9. The molecule has 2 amide bonds. The highest BCUT2D eigenvalue weighted by Crippen LogP contribution is 2.23. The number of hydrogen-bond donors (Lipinski definition) is 1. The first-order chi connectivity index (χ1) is 20.1. The van der Waals surface area contributed by atoms with E-state index in [9.17, 15) is 18.0 Å². The Kier molecular flexibility index (Phi) is 11.2. The van der Waals surface area contributed by atoms with Crippen molar-refractivity contribution in [1.29, 1.82) is 0 Å². The summed E-state index contributed by atoms with van der Waals surface area (Å²) < 4.78 is 27.6. The molecule has 0 spiro atoms. The SMILES string of the molecule is Cc1cccc(N(CCCC(=O)N(Cc2cccc(Br)c2)[C@H](Cc2ccccc2)C(=O)NC2CCCC2)S(C)(=O)=O)c1. The summed E-state index contributed by atoms with van der Waals surface area (Å²) in [6.45, 7) is 2.34. The summed E-state index contributed by atoms with van der Waals surface area (Å²) in [7, 11) is -3.55. The van der Waals surface area contributed by atoms with Gasteiger partial charge < -0.3 is 10.2 Å². The molecular weight excluding hydrogens is 614 g/mol. The van der Waals surface area contributed by atoms with Gasteiger partial charge in [0.1, 0.15) is 6.04 Å². The number of anilines is 1. The predicted molar refractivity (Wildman–Crippen MR) is 172 cm³/mol. The van der Waals surface area contributed by atoms with Crippen molar-refractivity contribution in [3.05, 3.63) is 100 Å². The van der Waals surface area contributed by atoms with E-state index in [1.807, 2.05) is 79.7 Å². The minimum absolute atomic E-state index is 0.105. The van der Waals surface area contributed by atoms with Crippen molar-refractivity contribution in [2.75, 3.05) is 17.1 Å². The summed E-state index contributed by atoms with van der Waals surface area (Å²) in [5, 5.41) is 3.22. The lowest BCUT2D eigenvalue weighted by Gasteiger charge is -2.33. The lowest BCUT2D eigenvalue weighted by atomic mass is 10.0. The molecule has 0 aromatic heterocycles. The van der Waals surface area contributed by atoms with Gasteiger partial charge in [0, 0.05) is 36.4 Å². The van der Waals surface area contributed by atoms with Gasteiger partial charge in [-0.1, -0.05) is 83.4 Å². The van der Waals surface area contributed by atoms with Gasteiger partial charge in [-0.2, -0.15) is 0 Å². The Morgan fingerprint density at radius 3 is 2.31 bits per heavy atom. The first-order valence-corrected chi connectivity index (χ1v) is 17.2. The maximum absolute atomic E-state index is 14.0. The van der Waals surface area contributed by atoms with Crippen LogP contribution in [-0.2, 0) is 32.6 Å². The zero-order valence-electron chi connectivity index (χ0n) is 24.3. The quantitative estimate of drug-likeness (QED) is 0.245. The van der Waals surface area contributed by atoms with Crippen LogP contribution in [0, 0.1) is 6.92 Å². The van der Waals surface area contributed by atoms with Crippen LogP contribution in [0.3, 0.4) is 0 Å². The van der Waals surface area contributed by atoms with Crippen LogP contribution < -0.4 is 9.62 Å². The van der Waals surface area contributed by atoms with Gasteiger partial charge in [-0.25, -0.2) is 8.42 Å². The number of halogens is 1. The van der Waals surface area contributed by atoms with Crippen LogP contribution in [0.2, 0.25) is 0 Å². The van der Waals surface area contributed by atoms with E-state index in [2.05, 4.69) is 21.2 Å². The Labute approximate surface area is 258 Å². The van der Waals surface area contributed by atoms with Crippen LogP contribution in [-0.4, -0.2) is 50.0 Å². The third-order valence-corrected chi connectivity index (χ3v) is 9.34. The minimum atomic E-state index is -3.55. The number of sulfonamides is 1. The average molecular weight is 655 g/mol. The van der Waals surface area contributed by atoms with Crippen LogP contribution in [0.5, 0.6) is 0 Å². The molecule has 0 unspecified atom stereocenters. The number of nitrogens with one attached hydrogen (secondary N) is 1. The van der Waals surface area contributed by atoms with Crippen LogP contribution in [0.25, 0.3) is 0 Å². The normalized spacial score (nSPS) is 14.4. The third-order valence-electron chi connectivity index (χ3n) is 7.66. The fourth-order valence-corrected chi connectivity index (χ4v) is 6.94. The highest BCUT2D eigenvalue weighted by molar-refractivity contribution is 9.10. The van der Waals surface area contributed by atoms with E-state index < -0.39 is 16.1 Å². The maximum atomic E-state index is 14.0. The van der Waals surface area contributed by atoms with Crippen molar-refractivity contribution in [3.8, 4) is 0 Å². The molecule has 3 aromatic carbocycles. The van der Waals surface area contributed by atoms with Crippen molar-refractivity contribution in [2.24, 2.45) is 0 Å². The van der Waals surface area contributed by atoms with E-state index in [-0.39, 0.29) is 37.4 Å². The van der Waals surface area contributed by atoms with E-state index in [0.717, 1.165) is 46.8 Å². The first-order valence-electron chi connectivity index (χ1n) is 14.5. The second kappa shape index (κ2) is 14.8. The molecule has 1 fully saturated rings. The third kappa shape index (κ3) is 9.16. The lowest BCUT2D eigenvalue weighted by Crippen LogP contribution is -2.52. The molecule has 1 aliphatic carbocycles. The van der Waals surface area contributed by atoms with Crippen LogP contribution >= 0.6 is 15.9 Å². The number of aryl methyl sites for hydroxylation is 1. The van der Waals surface area contributed by atoms with E-state index >= 15 is 0 Å². The van der Waals surface area contributed by atoms with Crippen LogP contribution in [0.15, 0.2) is 83.3 Å². The summed E-state index contributed by atoms with van der Waals surface area (Å²) in [6, 6.07) is 24.2. The Bertz CT molecular complexity index is 1460. The summed E-state index contributed by atoms with van der Waals surface area (Å²) in [4.78, 5) is 29.5. The fourth-order valence-electron chi connectivity index (χ4n) is 5.54. The van der Waals surface area contributed by atoms with Gasteiger partial charge in [-0.15, -0.1) is 0 Å². The minimum Gasteiger partial charge on any atom is -0.352 e. The molecule has 0 saturated heterocycles. The standard InChI is InChI=1S/C33H40BrN3O4S/c1-25-11-8-18-30(21-25)37(42(2,40)41)20-10-19-32(38)36(24-27-14-9-15-28(34)22-27)31(23-26-12-4-3-5-13-26)33(39)35-29-16-6-7-17-29/h3-5,8-9,11-15,18,21-22,29,31H,6-7,10,16-17,19-20,23-24H2,1-2H3,(H,35,39)/t31-/m1/s1. The van der Waals surface area contributed by atoms with Gasteiger partial charge in [0.15, 0.2) is 0 Å². The Morgan fingerprint density at radius 2 is 1.64 bits per heavy atom. The van der Waals surface area contributed by atoms with Crippen molar-refractivity contribution >= 4 is 43.5 Å². The van der Waals surface area contributed by atoms with Crippen molar-refractivity contribution < 1.29 is 18.0 Å². The highest BCUT2D eigenvalue weighted by Gasteiger charge is 2.32. The van der Waals surface area contributed by atoms with Gasteiger partial charge in [0.05, 0.1) is 11.9 Å². The van der Waals surface area contributed by atoms with Crippen LogP contribution in [0.4, 0.5) is 5.69 Å². The van der Waals surface area contributed by atoms with Gasteiger partial charge in [0.2, 0.25) is 21.8 Å². The molecule has 0 heterocycles. The Balaban J connectivity index is 1.59. The van der Waals surface area contributed by atoms with E-state index in [1.165, 1.54) is 10.6 Å². The summed E-state index contributed by atoms with van der Waals surface area (Å²) in [6.07, 6.45) is 6.07. The van der Waals surface area contributed by atoms with Crippen LogP contribution in [0.1, 0.15) is 55.2 Å². The number of rotatable bonds is 13. The number of amides is 2. The zero-order chi connectivity index (χ0) is 30.1. The highest BCUT2D eigenvalue weighted by atomic mass is 79.9. The van der Waals surface area contributed by atoms with Crippen molar-refractivity contribution in [2.45, 2.75) is 70.5 Å². The average Bonchev–Trinajstić information content (AvgIpc) is 3.46. The topological polar surface area (TPSA) is 86.8 Å². The number of carbonyl (C=O) groups excluding carboxylic acids is 2. The smallest absolute Gasteiger partial charge is 0.243 e. The molecule has 0 radical (unpaired) electrons. The van der Waals surface area contributed by atoms with Gasteiger partial charge in [-0.3, -0.25) is 13.9 Å². The fraction of sp³-hybridized carbons (Fsp3) is 0.394. The molecule has 9 heteroatoms. The summed E-state index contributed by atoms with van der Waals surface area (Å²) in [5.41, 5.74) is 3.41. The summed E-state index contributed by atoms with van der Waals surface area (Å²) >= 11 is 3.53.